The van der Waals surface area contributed by atoms with E-state index in [-0.39, 0.29) is 18.4 Å². The van der Waals surface area contributed by atoms with E-state index in [9.17, 15) is 9.59 Å². The molecule has 6 heteroatoms. The van der Waals surface area contributed by atoms with Crippen molar-refractivity contribution in [3.63, 3.8) is 0 Å². The SMILES string of the molecule is CC(=O)N(CC(=O)Nc1cccc(Cl)c1)c1cc(Cl)ccc1C. The fourth-order valence-electron chi connectivity index (χ4n) is 2.15. The van der Waals surface area contributed by atoms with Gasteiger partial charge in [-0.25, -0.2) is 0 Å². The summed E-state index contributed by atoms with van der Waals surface area (Å²) in [6, 6.07) is 12.0. The smallest absolute Gasteiger partial charge is 0.244 e. The maximum absolute atomic E-state index is 12.2. The van der Waals surface area contributed by atoms with Crippen LogP contribution in [-0.2, 0) is 9.59 Å². The first-order valence-electron chi connectivity index (χ1n) is 6.96. The average Bonchev–Trinajstić information content (AvgIpc) is 2.47. The number of aryl methyl sites for hydroxylation is 1. The Labute approximate surface area is 145 Å². The van der Waals surface area contributed by atoms with Gasteiger partial charge in [0.05, 0.1) is 0 Å². The molecule has 4 nitrogen and oxygen atoms in total. The molecule has 0 atom stereocenters. The summed E-state index contributed by atoms with van der Waals surface area (Å²) in [7, 11) is 0. The highest BCUT2D eigenvalue weighted by atomic mass is 35.5. The first kappa shape index (κ1) is 17.3. The Balaban J connectivity index is 2.18. The van der Waals surface area contributed by atoms with E-state index in [1.165, 1.54) is 11.8 Å². The predicted molar refractivity (Wildman–Crippen MR) is 94.3 cm³/mol. The molecule has 0 spiro atoms. The summed E-state index contributed by atoms with van der Waals surface area (Å²) in [6.45, 7) is 3.16. The standard InChI is InChI=1S/C17H16Cl2N2O2/c1-11-6-7-14(19)9-16(11)21(12(2)22)10-17(23)20-15-5-3-4-13(18)8-15/h3-9H,10H2,1-2H3,(H,20,23). The first-order chi connectivity index (χ1) is 10.9. The largest absolute Gasteiger partial charge is 0.324 e. The highest BCUT2D eigenvalue weighted by molar-refractivity contribution is 6.31. The lowest BCUT2D eigenvalue weighted by Crippen LogP contribution is -2.37. The van der Waals surface area contributed by atoms with Gasteiger partial charge in [0.25, 0.3) is 0 Å². The number of hydrogen-bond donors (Lipinski definition) is 1. The number of benzene rings is 2. The molecule has 0 unspecified atom stereocenters. The maximum atomic E-state index is 12.2. The van der Waals surface area contributed by atoms with Gasteiger partial charge in [-0.1, -0.05) is 35.3 Å². The van der Waals surface area contributed by atoms with E-state index in [2.05, 4.69) is 5.32 Å². The van der Waals surface area contributed by atoms with Crippen LogP contribution in [0.1, 0.15) is 12.5 Å². The van der Waals surface area contributed by atoms with Gasteiger partial charge >= 0.3 is 0 Å². The zero-order chi connectivity index (χ0) is 17.0. The molecule has 2 rings (SSSR count). The average molecular weight is 351 g/mol. The minimum absolute atomic E-state index is 0.108. The topological polar surface area (TPSA) is 49.4 Å². The molecule has 2 amide bonds. The lowest BCUT2D eigenvalue weighted by Gasteiger charge is -2.23. The number of halogens is 2. The number of amides is 2. The summed E-state index contributed by atoms with van der Waals surface area (Å²) in [6.07, 6.45) is 0. The molecule has 0 radical (unpaired) electrons. The van der Waals surface area contributed by atoms with Gasteiger partial charge < -0.3 is 10.2 Å². The summed E-state index contributed by atoms with van der Waals surface area (Å²) in [5.74, 6) is -0.557. The number of nitrogens with one attached hydrogen (secondary N) is 1. The van der Waals surface area contributed by atoms with E-state index >= 15 is 0 Å². The van der Waals surface area contributed by atoms with Crippen molar-refractivity contribution in [2.24, 2.45) is 0 Å². The van der Waals surface area contributed by atoms with Crippen LogP contribution in [0.4, 0.5) is 11.4 Å². The van der Waals surface area contributed by atoms with Crippen molar-refractivity contribution in [2.45, 2.75) is 13.8 Å². The molecule has 1 N–H and O–H groups in total. The molecular weight excluding hydrogens is 335 g/mol. The van der Waals surface area contributed by atoms with Gasteiger partial charge in [-0.05, 0) is 42.8 Å². The molecule has 23 heavy (non-hydrogen) atoms. The third-order valence-corrected chi connectivity index (χ3v) is 3.72. The van der Waals surface area contributed by atoms with Crippen LogP contribution in [-0.4, -0.2) is 18.4 Å². The van der Waals surface area contributed by atoms with Crippen molar-refractivity contribution in [3.8, 4) is 0 Å². The van der Waals surface area contributed by atoms with Crippen molar-refractivity contribution in [2.75, 3.05) is 16.8 Å². The summed E-state index contributed by atoms with van der Waals surface area (Å²) >= 11 is 11.9. The lowest BCUT2D eigenvalue weighted by atomic mass is 10.1. The monoisotopic (exact) mass is 350 g/mol. The van der Waals surface area contributed by atoms with Gasteiger partial charge in [0.15, 0.2) is 0 Å². The number of carbonyl (C=O) groups is 2. The number of hydrogen-bond acceptors (Lipinski definition) is 2. The van der Waals surface area contributed by atoms with Crippen LogP contribution in [0.15, 0.2) is 42.5 Å². The number of carbonyl (C=O) groups excluding carboxylic acids is 2. The molecule has 2 aromatic rings. The Bertz CT molecular complexity index is 747. The predicted octanol–water partition coefficient (Wildman–Crippen LogP) is 4.29. The highest BCUT2D eigenvalue weighted by Gasteiger charge is 2.18. The fraction of sp³-hybridized carbons (Fsp3) is 0.176. The van der Waals surface area contributed by atoms with Crippen LogP contribution in [0.2, 0.25) is 10.0 Å². The van der Waals surface area contributed by atoms with Crippen molar-refractivity contribution in [1.82, 2.24) is 0 Å². The van der Waals surface area contributed by atoms with E-state index in [0.717, 1.165) is 5.56 Å². The van der Waals surface area contributed by atoms with E-state index in [0.29, 0.717) is 21.4 Å². The second kappa shape index (κ2) is 7.49. The maximum Gasteiger partial charge on any atom is 0.244 e. The molecule has 0 fully saturated rings. The van der Waals surface area contributed by atoms with E-state index < -0.39 is 0 Å². The molecule has 0 aliphatic carbocycles. The minimum atomic E-state index is -0.318. The van der Waals surface area contributed by atoms with Crippen molar-refractivity contribution < 1.29 is 9.59 Å². The zero-order valence-electron chi connectivity index (χ0n) is 12.8. The molecule has 0 saturated carbocycles. The van der Waals surface area contributed by atoms with Crippen LogP contribution < -0.4 is 10.2 Å². The van der Waals surface area contributed by atoms with Crippen molar-refractivity contribution in [3.05, 3.63) is 58.1 Å². The van der Waals surface area contributed by atoms with Crippen LogP contribution in [0, 0.1) is 6.92 Å². The zero-order valence-corrected chi connectivity index (χ0v) is 14.3. The Morgan fingerprint density at radius 1 is 1.09 bits per heavy atom. The fourth-order valence-corrected chi connectivity index (χ4v) is 2.51. The highest BCUT2D eigenvalue weighted by Crippen LogP contribution is 2.24. The first-order valence-corrected chi connectivity index (χ1v) is 7.72. The molecule has 0 aliphatic heterocycles. The van der Waals surface area contributed by atoms with Crippen molar-refractivity contribution >= 4 is 46.4 Å². The number of rotatable bonds is 4. The molecule has 2 aromatic carbocycles. The van der Waals surface area contributed by atoms with Crippen LogP contribution in [0.25, 0.3) is 0 Å². The number of nitrogens with zero attached hydrogens (tertiary/aromatic N) is 1. The quantitative estimate of drug-likeness (QED) is 0.893. The molecule has 0 bridgehead atoms. The van der Waals surface area contributed by atoms with E-state index in [1.807, 2.05) is 13.0 Å². The van der Waals surface area contributed by atoms with Gasteiger partial charge in [0, 0.05) is 28.3 Å². The van der Waals surface area contributed by atoms with Crippen LogP contribution >= 0.6 is 23.2 Å². The van der Waals surface area contributed by atoms with E-state index in [4.69, 9.17) is 23.2 Å². The van der Waals surface area contributed by atoms with Gasteiger partial charge in [0.2, 0.25) is 11.8 Å². The molecule has 0 saturated heterocycles. The van der Waals surface area contributed by atoms with Gasteiger partial charge in [-0.15, -0.1) is 0 Å². The van der Waals surface area contributed by atoms with E-state index in [1.54, 1.807) is 36.4 Å². The van der Waals surface area contributed by atoms with Crippen molar-refractivity contribution in [1.29, 1.82) is 0 Å². The molecule has 120 valence electrons. The van der Waals surface area contributed by atoms with Gasteiger partial charge in [-0.2, -0.15) is 0 Å². The summed E-state index contributed by atoms with van der Waals surface area (Å²) in [5.41, 5.74) is 2.06. The summed E-state index contributed by atoms with van der Waals surface area (Å²) < 4.78 is 0. The third-order valence-electron chi connectivity index (χ3n) is 3.25. The molecule has 0 aromatic heterocycles. The summed E-state index contributed by atoms with van der Waals surface area (Å²) in [4.78, 5) is 25.5. The Morgan fingerprint density at radius 2 is 1.78 bits per heavy atom. The van der Waals surface area contributed by atoms with Gasteiger partial charge in [-0.3, -0.25) is 9.59 Å². The Hall–Kier alpha value is -2.04. The normalized spacial score (nSPS) is 10.3. The second-order valence-electron chi connectivity index (χ2n) is 5.09. The van der Waals surface area contributed by atoms with Gasteiger partial charge in [0.1, 0.15) is 6.54 Å². The molecular formula is C17H16Cl2N2O2. The number of anilines is 2. The molecule has 0 heterocycles. The van der Waals surface area contributed by atoms with Crippen LogP contribution in [0.3, 0.4) is 0 Å². The minimum Gasteiger partial charge on any atom is -0.324 e. The Morgan fingerprint density at radius 3 is 2.43 bits per heavy atom. The Kier molecular flexibility index (Phi) is 5.64. The second-order valence-corrected chi connectivity index (χ2v) is 5.97. The third kappa shape index (κ3) is 4.71. The lowest BCUT2D eigenvalue weighted by molar-refractivity contribution is -0.120. The van der Waals surface area contributed by atoms with Crippen LogP contribution in [0.5, 0.6) is 0 Å². The molecule has 0 aliphatic rings. The summed E-state index contributed by atoms with van der Waals surface area (Å²) in [5, 5.41) is 3.75.